The van der Waals surface area contributed by atoms with Gasteiger partial charge in [-0.2, -0.15) is 0 Å². The largest absolute Gasteiger partial charge is 0.381 e. The molecule has 1 aliphatic heterocycles. The lowest BCUT2D eigenvalue weighted by atomic mass is 9.63. The summed E-state index contributed by atoms with van der Waals surface area (Å²) in [5.74, 6) is 0. The van der Waals surface area contributed by atoms with Crippen LogP contribution in [0, 0.1) is 5.41 Å². The van der Waals surface area contributed by atoms with Crippen molar-refractivity contribution in [2.75, 3.05) is 20.2 Å². The van der Waals surface area contributed by atoms with E-state index in [9.17, 15) is 0 Å². The SMILES string of the molecule is COC1CC(N2CC(C)(C)NCC2C)C1(C)C. The molecule has 17 heavy (non-hydrogen) atoms. The van der Waals surface area contributed by atoms with Gasteiger partial charge in [-0.15, -0.1) is 0 Å². The maximum Gasteiger partial charge on any atom is 0.0652 e. The summed E-state index contributed by atoms with van der Waals surface area (Å²) in [5.41, 5.74) is 0.525. The highest BCUT2D eigenvalue weighted by molar-refractivity contribution is 5.07. The molecule has 2 fully saturated rings. The smallest absolute Gasteiger partial charge is 0.0652 e. The second-order valence-electron chi connectivity index (χ2n) is 7.08. The first kappa shape index (κ1) is 13.3. The van der Waals surface area contributed by atoms with Crippen molar-refractivity contribution in [1.29, 1.82) is 0 Å². The van der Waals surface area contributed by atoms with Gasteiger partial charge in [-0.05, 0) is 27.2 Å². The summed E-state index contributed by atoms with van der Waals surface area (Å²) in [6.07, 6.45) is 1.61. The van der Waals surface area contributed by atoms with Crippen molar-refractivity contribution in [3.8, 4) is 0 Å². The van der Waals surface area contributed by atoms with Gasteiger partial charge in [-0.1, -0.05) is 13.8 Å². The van der Waals surface area contributed by atoms with Crippen LogP contribution in [0.3, 0.4) is 0 Å². The van der Waals surface area contributed by atoms with Crippen molar-refractivity contribution in [2.45, 2.75) is 64.8 Å². The fraction of sp³-hybridized carbons (Fsp3) is 1.00. The fourth-order valence-corrected chi connectivity index (χ4v) is 3.45. The van der Waals surface area contributed by atoms with Crippen LogP contribution in [0.1, 0.15) is 41.0 Å². The van der Waals surface area contributed by atoms with Gasteiger partial charge in [0, 0.05) is 43.2 Å². The highest BCUT2D eigenvalue weighted by Gasteiger charge is 2.53. The third-order valence-electron chi connectivity index (χ3n) is 4.83. The second kappa shape index (κ2) is 4.22. The molecule has 0 aromatic carbocycles. The van der Waals surface area contributed by atoms with E-state index in [1.54, 1.807) is 0 Å². The Balaban J connectivity index is 2.07. The van der Waals surface area contributed by atoms with E-state index in [4.69, 9.17) is 4.74 Å². The minimum Gasteiger partial charge on any atom is -0.381 e. The number of nitrogens with zero attached hydrogens (tertiary/aromatic N) is 1. The predicted octanol–water partition coefficient (Wildman–Crippen LogP) is 1.87. The zero-order valence-corrected chi connectivity index (χ0v) is 12.2. The van der Waals surface area contributed by atoms with Gasteiger partial charge in [0.05, 0.1) is 6.10 Å². The maximum absolute atomic E-state index is 5.57. The summed E-state index contributed by atoms with van der Waals surface area (Å²) in [6.45, 7) is 13.8. The second-order valence-corrected chi connectivity index (χ2v) is 7.08. The monoisotopic (exact) mass is 240 g/mol. The topological polar surface area (TPSA) is 24.5 Å². The van der Waals surface area contributed by atoms with Gasteiger partial charge in [0.1, 0.15) is 0 Å². The molecule has 1 N–H and O–H groups in total. The van der Waals surface area contributed by atoms with E-state index in [0.717, 1.165) is 13.1 Å². The van der Waals surface area contributed by atoms with Crippen LogP contribution in [0.5, 0.6) is 0 Å². The molecule has 3 unspecified atom stereocenters. The Bertz CT molecular complexity index is 288. The first-order chi connectivity index (χ1) is 7.78. The van der Waals surface area contributed by atoms with Crippen LogP contribution in [0.15, 0.2) is 0 Å². The van der Waals surface area contributed by atoms with E-state index in [1.165, 1.54) is 6.42 Å². The van der Waals surface area contributed by atoms with E-state index in [0.29, 0.717) is 18.2 Å². The van der Waals surface area contributed by atoms with Crippen molar-refractivity contribution in [2.24, 2.45) is 5.41 Å². The van der Waals surface area contributed by atoms with Crippen LogP contribution in [0.4, 0.5) is 0 Å². The molecule has 2 rings (SSSR count). The van der Waals surface area contributed by atoms with Crippen LogP contribution < -0.4 is 5.32 Å². The molecule has 2 aliphatic rings. The van der Waals surface area contributed by atoms with Gasteiger partial charge >= 0.3 is 0 Å². The normalized spacial score (nSPS) is 40.9. The third kappa shape index (κ3) is 2.25. The number of nitrogens with one attached hydrogen (secondary N) is 1. The molecule has 100 valence electrons. The van der Waals surface area contributed by atoms with Crippen molar-refractivity contribution in [3.05, 3.63) is 0 Å². The lowest BCUT2D eigenvalue weighted by molar-refractivity contribution is -0.154. The highest BCUT2D eigenvalue weighted by Crippen LogP contribution is 2.46. The van der Waals surface area contributed by atoms with E-state index in [1.807, 2.05) is 7.11 Å². The predicted molar refractivity (Wildman–Crippen MR) is 71.2 cm³/mol. The van der Waals surface area contributed by atoms with Crippen molar-refractivity contribution >= 4 is 0 Å². The molecule has 1 heterocycles. The number of rotatable bonds is 2. The Labute approximate surface area is 106 Å². The average molecular weight is 240 g/mol. The van der Waals surface area contributed by atoms with Crippen molar-refractivity contribution < 1.29 is 4.74 Å². The summed E-state index contributed by atoms with van der Waals surface area (Å²) < 4.78 is 5.57. The number of methoxy groups -OCH3 is 1. The number of piperazine rings is 1. The molecule has 0 aromatic heterocycles. The molecule has 0 spiro atoms. The van der Waals surface area contributed by atoms with E-state index in [-0.39, 0.29) is 11.0 Å². The molecule has 1 saturated heterocycles. The summed E-state index contributed by atoms with van der Waals surface area (Å²) in [5, 5.41) is 3.62. The zero-order chi connectivity index (χ0) is 12.8. The third-order valence-corrected chi connectivity index (χ3v) is 4.83. The van der Waals surface area contributed by atoms with Crippen LogP contribution in [0.25, 0.3) is 0 Å². The van der Waals surface area contributed by atoms with E-state index >= 15 is 0 Å². The molecule has 3 nitrogen and oxygen atoms in total. The average Bonchev–Trinajstić information content (AvgIpc) is 2.22. The standard InChI is InChI=1S/C14H28N2O/c1-10-8-15-13(2,3)9-16(10)11-7-12(17-6)14(11,4)5/h10-12,15H,7-9H2,1-6H3. The molecule has 0 bridgehead atoms. The van der Waals surface area contributed by atoms with Crippen LogP contribution in [0.2, 0.25) is 0 Å². The Morgan fingerprint density at radius 3 is 2.41 bits per heavy atom. The molecule has 0 amide bonds. The molecular weight excluding hydrogens is 212 g/mol. The first-order valence-electron chi connectivity index (χ1n) is 6.81. The lowest BCUT2D eigenvalue weighted by Gasteiger charge is -2.59. The Morgan fingerprint density at radius 1 is 1.24 bits per heavy atom. The molecule has 1 aliphatic carbocycles. The first-order valence-corrected chi connectivity index (χ1v) is 6.81. The number of hydrogen-bond donors (Lipinski definition) is 1. The molecule has 0 radical (unpaired) electrons. The van der Waals surface area contributed by atoms with E-state index in [2.05, 4.69) is 44.8 Å². The molecule has 3 atom stereocenters. The van der Waals surface area contributed by atoms with Gasteiger partial charge in [0.15, 0.2) is 0 Å². The van der Waals surface area contributed by atoms with Crippen LogP contribution in [-0.2, 0) is 4.74 Å². The Hall–Kier alpha value is -0.120. The highest BCUT2D eigenvalue weighted by atomic mass is 16.5. The minimum atomic E-state index is 0.237. The Kier molecular flexibility index (Phi) is 3.30. The van der Waals surface area contributed by atoms with Gasteiger partial charge in [-0.25, -0.2) is 0 Å². The summed E-state index contributed by atoms with van der Waals surface area (Å²) in [7, 11) is 1.84. The fourth-order valence-electron chi connectivity index (χ4n) is 3.45. The zero-order valence-electron chi connectivity index (χ0n) is 12.2. The van der Waals surface area contributed by atoms with Gasteiger partial charge < -0.3 is 10.1 Å². The maximum atomic E-state index is 5.57. The summed E-state index contributed by atoms with van der Waals surface area (Å²) >= 11 is 0. The summed E-state index contributed by atoms with van der Waals surface area (Å²) in [4.78, 5) is 2.69. The molecule has 0 aromatic rings. The van der Waals surface area contributed by atoms with Gasteiger partial charge in [-0.3, -0.25) is 4.90 Å². The van der Waals surface area contributed by atoms with Crippen molar-refractivity contribution in [3.63, 3.8) is 0 Å². The molecule has 1 saturated carbocycles. The van der Waals surface area contributed by atoms with E-state index < -0.39 is 0 Å². The Morgan fingerprint density at radius 2 is 1.88 bits per heavy atom. The number of hydrogen-bond acceptors (Lipinski definition) is 3. The van der Waals surface area contributed by atoms with Crippen molar-refractivity contribution in [1.82, 2.24) is 10.2 Å². The summed E-state index contributed by atoms with van der Waals surface area (Å²) in [6, 6.07) is 1.30. The minimum absolute atomic E-state index is 0.237. The van der Waals surface area contributed by atoms with Gasteiger partial charge in [0.2, 0.25) is 0 Å². The molecule has 3 heteroatoms. The van der Waals surface area contributed by atoms with Crippen LogP contribution >= 0.6 is 0 Å². The lowest BCUT2D eigenvalue weighted by Crippen LogP contribution is -2.70. The van der Waals surface area contributed by atoms with Gasteiger partial charge in [0.25, 0.3) is 0 Å². The number of ether oxygens (including phenoxy) is 1. The van der Waals surface area contributed by atoms with Crippen LogP contribution in [-0.4, -0.2) is 48.8 Å². The quantitative estimate of drug-likeness (QED) is 0.797. The molecular formula is C14H28N2O.